The number of fused-ring (bicyclic) bond motifs is 3. The van der Waals surface area contributed by atoms with Gasteiger partial charge in [0.25, 0.3) is 0 Å². The summed E-state index contributed by atoms with van der Waals surface area (Å²) in [5, 5.41) is 14.8. The average molecular weight is 358 g/mol. The normalized spacial score (nSPS) is 26.6. The number of carboxylic acids is 2. The van der Waals surface area contributed by atoms with Crippen LogP contribution in [0.3, 0.4) is 0 Å². The van der Waals surface area contributed by atoms with Gasteiger partial charge < -0.3 is 15.1 Å². The van der Waals surface area contributed by atoms with Crippen molar-refractivity contribution in [2.24, 2.45) is 5.92 Å². The van der Waals surface area contributed by atoms with E-state index in [0.29, 0.717) is 5.92 Å². The van der Waals surface area contributed by atoms with Crippen molar-refractivity contribution in [3.8, 4) is 0 Å². The highest BCUT2D eigenvalue weighted by atomic mass is 79.9. The lowest BCUT2D eigenvalue weighted by molar-refractivity contribution is -0.159. The molecule has 1 unspecified atom stereocenters. The van der Waals surface area contributed by atoms with Crippen LogP contribution in [0.4, 0.5) is 0 Å². The molecule has 7 nitrogen and oxygen atoms in total. The number of carboxylic acid groups (broad SMARTS) is 2. The van der Waals surface area contributed by atoms with E-state index in [1.165, 1.54) is 38.2 Å². The molecular formula is C13H16BrN3O4. The zero-order chi connectivity index (χ0) is 15.4. The summed E-state index contributed by atoms with van der Waals surface area (Å²) in [7, 11) is 0. The summed E-state index contributed by atoms with van der Waals surface area (Å²) in [5.74, 6) is -2.21. The summed E-state index contributed by atoms with van der Waals surface area (Å²) in [6.45, 7) is 3.74. The van der Waals surface area contributed by atoms with Crippen LogP contribution in [0.5, 0.6) is 0 Å². The highest BCUT2D eigenvalue weighted by molar-refractivity contribution is 9.10. The highest BCUT2D eigenvalue weighted by Gasteiger charge is 2.35. The molecule has 114 valence electrons. The SMILES string of the molecule is Brc1cncc(C2CN3CCC2CC3)n1.O=C(O)C(=O)O. The van der Waals surface area contributed by atoms with Gasteiger partial charge in [0.1, 0.15) is 4.60 Å². The van der Waals surface area contributed by atoms with Crippen LogP contribution < -0.4 is 0 Å². The molecule has 0 amide bonds. The van der Waals surface area contributed by atoms with Gasteiger partial charge in [-0.3, -0.25) is 4.98 Å². The standard InChI is InChI=1S/C11H14BrN3.C2H2O4/c12-11-6-13-5-10(14-11)9-7-15-3-1-8(9)2-4-15;3-1(4)2(5)6/h5-6,8-9H,1-4,7H2;(H,3,4)(H,5,6). The largest absolute Gasteiger partial charge is 0.473 e. The predicted octanol–water partition coefficient (Wildman–Crippen LogP) is 1.20. The second-order valence-corrected chi connectivity index (χ2v) is 5.93. The van der Waals surface area contributed by atoms with Gasteiger partial charge in [0.05, 0.1) is 11.9 Å². The number of hydrogen-bond acceptors (Lipinski definition) is 5. The van der Waals surface area contributed by atoms with Gasteiger partial charge in [-0.25, -0.2) is 14.6 Å². The molecule has 3 aliphatic heterocycles. The summed E-state index contributed by atoms with van der Waals surface area (Å²) in [5.41, 5.74) is 1.17. The van der Waals surface area contributed by atoms with Crippen LogP contribution >= 0.6 is 15.9 Å². The van der Waals surface area contributed by atoms with E-state index in [1.54, 1.807) is 6.20 Å². The van der Waals surface area contributed by atoms with Gasteiger partial charge in [0.15, 0.2) is 0 Å². The Morgan fingerprint density at radius 2 is 1.81 bits per heavy atom. The van der Waals surface area contributed by atoms with Crippen molar-refractivity contribution < 1.29 is 19.8 Å². The zero-order valence-corrected chi connectivity index (χ0v) is 12.9. The van der Waals surface area contributed by atoms with Crippen LogP contribution in [-0.4, -0.2) is 56.7 Å². The van der Waals surface area contributed by atoms with Gasteiger partial charge in [-0.15, -0.1) is 0 Å². The highest BCUT2D eigenvalue weighted by Crippen LogP contribution is 2.38. The third kappa shape index (κ3) is 4.21. The molecule has 3 aliphatic rings. The molecule has 0 spiro atoms. The molecule has 3 fully saturated rings. The first-order valence-corrected chi connectivity index (χ1v) is 7.42. The van der Waals surface area contributed by atoms with Gasteiger partial charge in [0, 0.05) is 18.7 Å². The maximum absolute atomic E-state index is 9.10. The molecule has 0 radical (unpaired) electrons. The van der Waals surface area contributed by atoms with Gasteiger partial charge in [-0.05, 0) is 47.8 Å². The van der Waals surface area contributed by atoms with Crippen molar-refractivity contribution in [3.63, 3.8) is 0 Å². The quantitative estimate of drug-likeness (QED) is 0.727. The maximum atomic E-state index is 9.10. The van der Waals surface area contributed by atoms with E-state index in [0.717, 1.165) is 10.5 Å². The minimum absolute atomic E-state index is 0.609. The van der Waals surface area contributed by atoms with E-state index in [9.17, 15) is 0 Å². The van der Waals surface area contributed by atoms with Crippen molar-refractivity contribution in [3.05, 3.63) is 22.7 Å². The third-order valence-electron chi connectivity index (χ3n) is 3.84. The van der Waals surface area contributed by atoms with Crippen molar-refractivity contribution >= 4 is 27.9 Å². The lowest BCUT2D eigenvalue weighted by atomic mass is 9.77. The molecule has 1 atom stereocenters. The van der Waals surface area contributed by atoms with E-state index >= 15 is 0 Å². The molecule has 4 rings (SSSR count). The lowest BCUT2D eigenvalue weighted by Crippen LogP contribution is -2.46. The second kappa shape index (κ2) is 6.95. The van der Waals surface area contributed by atoms with E-state index < -0.39 is 11.9 Å². The number of hydrogen-bond donors (Lipinski definition) is 2. The number of nitrogens with zero attached hydrogens (tertiary/aromatic N) is 3. The van der Waals surface area contributed by atoms with Crippen LogP contribution in [-0.2, 0) is 9.59 Å². The van der Waals surface area contributed by atoms with E-state index in [-0.39, 0.29) is 0 Å². The average Bonchev–Trinajstić information content (AvgIpc) is 2.49. The Kier molecular flexibility index (Phi) is 5.24. The van der Waals surface area contributed by atoms with Crippen LogP contribution in [0.1, 0.15) is 24.5 Å². The Balaban J connectivity index is 0.000000232. The van der Waals surface area contributed by atoms with Gasteiger partial charge in [-0.2, -0.15) is 0 Å². The van der Waals surface area contributed by atoms with E-state index in [4.69, 9.17) is 19.8 Å². The summed E-state index contributed by atoms with van der Waals surface area (Å²) >= 11 is 3.39. The van der Waals surface area contributed by atoms with Crippen LogP contribution in [0, 0.1) is 5.92 Å². The number of aliphatic carboxylic acids is 2. The summed E-state index contributed by atoms with van der Waals surface area (Å²) < 4.78 is 0.858. The Morgan fingerprint density at radius 1 is 1.19 bits per heavy atom. The van der Waals surface area contributed by atoms with Gasteiger partial charge in [0.2, 0.25) is 0 Å². The number of halogens is 1. The molecule has 2 bridgehead atoms. The lowest BCUT2D eigenvalue weighted by Gasteiger charge is -2.44. The van der Waals surface area contributed by atoms with Crippen molar-refractivity contribution in [2.75, 3.05) is 19.6 Å². The Hall–Kier alpha value is -1.54. The molecule has 3 saturated heterocycles. The summed E-state index contributed by atoms with van der Waals surface area (Å²) in [4.78, 5) is 29.5. The molecule has 8 heteroatoms. The van der Waals surface area contributed by atoms with E-state index in [2.05, 4.69) is 30.8 Å². The fraction of sp³-hybridized carbons (Fsp3) is 0.538. The fourth-order valence-corrected chi connectivity index (χ4v) is 3.16. The first kappa shape index (κ1) is 15.8. The number of aromatic nitrogens is 2. The molecule has 2 N–H and O–H groups in total. The molecule has 0 aromatic carbocycles. The molecular weight excluding hydrogens is 342 g/mol. The van der Waals surface area contributed by atoms with Crippen LogP contribution in [0.15, 0.2) is 17.0 Å². The summed E-state index contributed by atoms with van der Waals surface area (Å²) in [6.07, 6.45) is 6.35. The molecule has 1 aromatic rings. The molecule has 21 heavy (non-hydrogen) atoms. The Morgan fingerprint density at radius 3 is 2.24 bits per heavy atom. The Bertz CT molecular complexity index is 520. The zero-order valence-electron chi connectivity index (χ0n) is 11.3. The minimum Gasteiger partial charge on any atom is -0.473 e. The number of rotatable bonds is 1. The minimum atomic E-state index is -1.82. The maximum Gasteiger partial charge on any atom is 0.414 e. The number of carbonyl (C=O) groups is 2. The summed E-state index contributed by atoms with van der Waals surface area (Å²) in [6, 6.07) is 0. The predicted molar refractivity (Wildman–Crippen MR) is 76.9 cm³/mol. The van der Waals surface area contributed by atoms with Crippen molar-refractivity contribution in [2.45, 2.75) is 18.8 Å². The smallest absolute Gasteiger partial charge is 0.414 e. The Labute approximate surface area is 130 Å². The van der Waals surface area contributed by atoms with Crippen LogP contribution in [0.2, 0.25) is 0 Å². The van der Waals surface area contributed by atoms with Crippen molar-refractivity contribution in [1.82, 2.24) is 14.9 Å². The first-order chi connectivity index (χ1) is 9.97. The molecule has 0 saturated carbocycles. The third-order valence-corrected chi connectivity index (χ3v) is 4.22. The monoisotopic (exact) mass is 357 g/mol. The van der Waals surface area contributed by atoms with Crippen LogP contribution in [0.25, 0.3) is 0 Å². The second-order valence-electron chi connectivity index (χ2n) is 5.12. The molecule has 0 aliphatic carbocycles. The topological polar surface area (TPSA) is 104 Å². The van der Waals surface area contributed by atoms with E-state index in [1.807, 2.05) is 6.20 Å². The molecule has 1 aromatic heterocycles. The number of piperidine rings is 3. The molecule has 4 heterocycles. The van der Waals surface area contributed by atoms with Gasteiger partial charge >= 0.3 is 11.9 Å². The fourth-order valence-electron chi connectivity index (χ4n) is 2.83. The first-order valence-electron chi connectivity index (χ1n) is 6.63. The van der Waals surface area contributed by atoms with Crippen molar-refractivity contribution in [1.29, 1.82) is 0 Å². The van der Waals surface area contributed by atoms with Gasteiger partial charge in [-0.1, -0.05) is 0 Å².